The summed E-state index contributed by atoms with van der Waals surface area (Å²) in [5, 5.41) is 3.09. The van der Waals surface area contributed by atoms with Gasteiger partial charge in [0, 0.05) is 18.1 Å². The first kappa shape index (κ1) is 32.0. The van der Waals surface area contributed by atoms with Gasteiger partial charge in [-0.05, 0) is 54.8 Å². The zero-order valence-electron chi connectivity index (χ0n) is 22.7. The molecule has 0 aliphatic rings. The van der Waals surface area contributed by atoms with Gasteiger partial charge in [0.25, 0.3) is 10.0 Å². The fraction of sp³-hybridized carbons (Fsp3) is 0.310. The molecule has 0 fully saturated rings. The molecule has 0 radical (unpaired) electrons. The summed E-state index contributed by atoms with van der Waals surface area (Å²) in [6.45, 7) is 4.63. The second kappa shape index (κ2) is 13.4. The molecule has 1 atom stereocenters. The summed E-state index contributed by atoms with van der Waals surface area (Å²) in [7, 11) is -4.50. The minimum atomic E-state index is -4.75. The highest BCUT2D eigenvalue weighted by Crippen LogP contribution is 2.33. The number of nitrogens with one attached hydrogen (secondary N) is 1. The first-order valence-electron chi connectivity index (χ1n) is 12.8. The predicted molar refractivity (Wildman–Crippen MR) is 152 cm³/mol. The Bertz CT molecular complexity index is 1470. The molecule has 0 aromatic heterocycles. The van der Waals surface area contributed by atoms with Crippen LogP contribution in [-0.4, -0.2) is 44.3 Å². The number of hydrogen-bond acceptors (Lipinski definition) is 4. The van der Waals surface area contributed by atoms with Crippen molar-refractivity contribution in [2.24, 2.45) is 5.92 Å². The molecule has 1 N–H and O–H groups in total. The van der Waals surface area contributed by atoms with Gasteiger partial charge in [0.05, 0.1) is 16.1 Å². The van der Waals surface area contributed by atoms with Crippen LogP contribution >= 0.6 is 11.6 Å². The monoisotopic (exact) mass is 609 g/mol. The molecule has 0 saturated carbocycles. The quantitative estimate of drug-likeness (QED) is 0.300. The van der Waals surface area contributed by atoms with E-state index in [1.807, 2.05) is 13.8 Å². The van der Waals surface area contributed by atoms with Gasteiger partial charge in [-0.3, -0.25) is 13.9 Å². The number of benzene rings is 3. The lowest BCUT2D eigenvalue weighted by molar-refractivity contribution is -0.139. The number of hydrogen-bond donors (Lipinski definition) is 1. The van der Waals surface area contributed by atoms with Crippen LogP contribution in [0.15, 0.2) is 83.8 Å². The lowest BCUT2D eigenvalue weighted by Gasteiger charge is -2.32. The van der Waals surface area contributed by atoms with Crippen LogP contribution in [0.1, 0.15) is 31.9 Å². The summed E-state index contributed by atoms with van der Waals surface area (Å²) in [5.74, 6) is -1.16. The zero-order valence-corrected chi connectivity index (χ0v) is 24.3. The summed E-state index contributed by atoms with van der Waals surface area (Å²) in [5.41, 5.74) is -0.931. The normalized spacial score (nSPS) is 12.6. The van der Waals surface area contributed by atoms with Gasteiger partial charge in [0.1, 0.15) is 12.6 Å². The van der Waals surface area contributed by atoms with Gasteiger partial charge in [-0.15, -0.1) is 0 Å². The molecule has 0 spiro atoms. The molecule has 0 heterocycles. The van der Waals surface area contributed by atoms with Gasteiger partial charge in [-0.2, -0.15) is 13.2 Å². The van der Waals surface area contributed by atoms with Crippen molar-refractivity contribution in [2.75, 3.05) is 17.4 Å². The lowest BCUT2D eigenvalue weighted by Crippen LogP contribution is -2.51. The van der Waals surface area contributed by atoms with E-state index >= 15 is 0 Å². The fourth-order valence-electron chi connectivity index (χ4n) is 3.93. The summed E-state index contributed by atoms with van der Waals surface area (Å²) in [4.78, 5) is 27.8. The zero-order chi connectivity index (χ0) is 30.4. The maximum Gasteiger partial charge on any atom is 0.416 e. The third-order valence-corrected chi connectivity index (χ3v) is 8.38. The molecule has 3 rings (SSSR count). The molecule has 0 aliphatic heterocycles. The molecule has 0 aliphatic carbocycles. The fourth-order valence-corrected chi connectivity index (χ4v) is 5.55. The highest BCUT2D eigenvalue weighted by Gasteiger charge is 2.35. The van der Waals surface area contributed by atoms with Crippen LogP contribution < -0.4 is 9.62 Å². The molecule has 3 aromatic rings. The number of carbonyl (C=O) groups excluding carboxylic acids is 2. The van der Waals surface area contributed by atoms with Crippen molar-refractivity contribution in [3.05, 3.63) is 95.0 Å². The van der Waals surface area contributed by atoms with E-state index < -0.39 is 46.2 Å². The minimum Gasteiger partial charge on any atom is -0.354 e. The van der Waals surface area contributed by atoms with E-state index in [-0.39, 0.29) is 23.0 Å². The summed E-state index contributed by atoms with van der Waals surface area (Å²) < 4.78 is 68.7. The third kappa shape index (κ3) is 8.23. The molecule has 2 amide bonds. The Morgan fingerprint density at radius 2 is 1.56 bits per heavy atom. The Morgan fingerprint density at radius 3 is 2.17 bits per heavy atom. The van der Waals surface area contributed by atoms with E-state index in [2.05, 4.69) is 5.32 Å². The number of halogens is 4. The molecule has 41 heavy (non-hydrogen) atoms. The van der Waals surface area contributed by atoms with Crippen molar-refractivity contribution in [3.8, 4) is 0 Å². The number of anilines is 1. The van der Waals surface area contributed by atoms with Crippen LogP contribution in [0.2, 0.25) is 5.02 Å². The highest BCUT2D eigenvalue weighted by atomic mass is 35.5. The van der Waals surface area contributed by atoms with Crippen molar-refractivity contribution < 1.29 is 31.2 Å². The standard InChI is InChI=1S/C29H31ClF3N3O4S/c1-20(2)17-34-28(38)21(3)35(18-22-10-7-8-15-26(22)30)27(37)19-36(41(39,40)25-13-5-4-6-14-25)24-12-9-11-23(16-24)29(31,32)33/h4-16,20-21H,17-19H2,1-3H3,(H,34,38). The van der Waals surface area contributed by atoms with Crippen molar-refractivity contribution in [1.82, 2.24) is 10.2 Å². The lowest BCUT2D eigenvalue weighted by atomic mass is 10.1. The van der Waals surface area contributed by atoms with E-state index in [1.165, 1.54) is 37.3 Å². The number of sulfonamides is 1. The van der Waals surface area contributed by atoms with Gasteiger partial charge < -0.3 is 10.2 Å². The third-order valence-electron chi connectivity index (χ3n) is 6.22. The molecule has 12 heteroatoms. The Kier molecular flexibility index (Phi) is 10.4. The van der Waals surface area contributed by atoms with Crippen LogP contribution in [0.3, 0.4) is 0 Å². The molecule has 0 bridgehead atoms. The second-order valence-corrected chi connectivity index (χ2v) is 12.1. The van der Waals surface area contributed by atoms with Crippen LogP contribution in [0, 0.1) is 5.92 Å². The van der Waals surface area contributed by atoms with Crippen LogP contribution in [-0.2, 0) is 32.3 Å². The Morgan fingerprint density at radius 1 is 0.927 bits per heavy atom. The van der Waals surface area contributed by atoms with Gasteiger partial charge in [-0.25, -0.2) is 8.42 Å². The average molecular weight is 610 g/mol. The molecular weight excluding hydrogens is 579 g/mol. The topological polar surface area (TPSA) is 86.8 Å². The smallest absolute Gasteiger partial charge is 0.354 e. The number of amides is 2. The Hall–Kier alpha value is -3.57. The van der Waals surface area contributed by atoms with E-state index in [1.54, 1.807) is 30.3 Å². The van der Waals surface area contributed by atoms with Crippen molar-refractivity contribution in [2.45, 2.75) is 44.4 Å². The maximum absolute atomic E-state index is 13.9. The van der Waals surface area contributed by atoms with Crippen LogP contribution in [0.5, 0.6) is 0 Å². The van der Waals surface area contributed by atoms with Crippen LogP contribution in [0.25, 0.3) is 0 Å². The first-order chi connectivity index (χ1) is 19.2. The SMILES string of the molecule is CC(C)CNC(=O)C(C)N(Cc1ccccc1Cl)C(=O)CN(c1cccc(C(F)(F)F)c1)S(=O)(=O)c1ccccc1. The number of rotatable bonds is 11. The van der Waals surface area contributed by atoms with E-state index in [0.29, 0.717) is 27.5 Å². The van der Waals surface area contributed by atoms with Crippen molar-refractivity contribution >= 4 is 39.1 Å². The van der Waals surface area contributed by atoms with Gasteiger partial charge in [-0.1, -0.05) is 67.9 Å². The molecule has 1 unspecified atom stereocenters. The van der Waals surface area contributed by atoms with Gasteiger partial charge in [0.2, 0.25) is 11.8 Å². The summed E-state index contributed by atoms with van der Waals surface area (Å²) in [6, 6.07) is 16.4. The summed E-state index contributed by atoms with van der Waals surface area (Å²) in [6.07, 6.45) is -4.75. The molecular formula is C29H31ClF3N3O4S. The van der Waals surface area contributed by atoms with E-state index in [0.717, 1.165) is 17.0 Å². The van der Waals surface area contributed by atoms with E-state index in [4.69, 9.17) is 11.6 Å². The van der Waals surface area contributed by atoms with Crippen molar-refractivity contribution in [3.63, 3.8) is 0 Å². The van der Waals surface area contributed by atoms with E-state index in [9.17, 15) is 31.2 Å². The Labute approximate surface area is 243 Å². The number of alkyl halides is 3. The molecule has 3 aromatic carbocycles. The maximum atomic E-state index is 13.9. The number of carbonyl (C=O) groups is 2. The predicted octanol–water partition coefficient (Wildman–Crippen LogP) is 5.74. The molecule has 0 saturated heterocycles. The molecule has 220 valence electrons. The Balaban J connectivity index is 2.07. The van der Waals surface area contributed by atoms with Gasteiger partial charge in [0.15, 0.2) is 0 Å². The van der Waals surface area contributed by atoms with Crippen molar-refractivity contribution in [1.29, 1.82) is 0 Å². The first-order valence-corrected chi connectivity index (χ1v) is 14.6. The highest BCUT2D eigenvalue weighted by molar-refractivity contribution is 7.92. The summed E-state index contributed by atoms with van der Waals surface area (Å²) >= 11 is 6.32. The largest absolute Gasteiger partial charge is 0.416 e. The second-order valence-electron chi connectivity index (χ2n) is 9.80. The number of nitrogens with zero attached hydrogens (tertiary/aromatic N) is 2. The minimum absolute atomic E-state index is 0.131. The molecule has 7 nitrogen and oxygen atoms in total. The average Bonchev–Trinajstić information content (AvgIpc) is 2.93. The van der Waals surface area contributed by atoms with Gasteiger partial charge >= 0.3 is 6.18 Å². The van der Waals surface area contributed by atoms with Crippen LogP contribution in [0.4, 0.5) is 18.9 Å².